The third-order valence-electron chi connectivity index (χ3n) is 7.38. The number of aromatic amines is 2. The van der Waals surface area contributed by atoms with Crippen LogP contribution < -0.4 is 4.74 Å². The van der Waals surface area contributed by atoms with Crippen molar-refractivity contribution in [1.29, 1.82) is 0 Å². The Bertz CT molecular complexity index is 2080. The smallest absolute Gasteiger partial charge is 0.338 e. The number of rotatable bonds is 4. The van der Waals surface area contributed by atoms with Gasteiger partial charge in [-0.3, -0.25) is 0 Å². The first kappa shape index (κ1) is 25.3. The van der Waals surface area contributed by atoms with E-state index in [0.717, 1.165) is 72.8 Å². The third-order valence-corrected chi connectivity index (χ3v) is 7.38. The Labute approximate surface area is 241 Å². The van der Waals surface area contributed by atoms with E-state index in [4.69, 9.17) is 19.4 Å². The fraction of sp³-hybridized carbons (Fsp3) is 0.0571. The molecule has 42 heavy (non-hydrogen) atoms. The van der Waals surface area contributed by atoms with Crippen LogP contribution in [0.3, 0.4) is 0 Å². The molecule has 0 saturated heterocycles. The number of carbonyl (C=O) groups is 1. The van der Waals surface area contributed by atoms with E-state index in [1.165, 1.54) is 7.11 Å². The summed E-state index contributed by atoms with van der Waals surface area (Å²) in [7, 11) is 3.05. The molecular weight excluding hydrogens is 524 g/mol. The molecule has 7 nitrogen and oxygen atoms in total. The van der Waals surface area contributed by atoms with Crippen molar-refractivity contribution >= 4 is 52.3 Å². The lowest BCUT2D eigenvalue weighted by Gasteiger charge is -2.09. The summed E-state index contributed by atoms with van der Waals surface area (Å²) in [6.07, 6.45) is 7.99. The predicted octanol–water partition coefficient (Wildman–Crippen LogP) is 7.78. The van der Waals surface area contributed by atoms with E-state index in [0.29, 0.717) is 5.56 Å². The zero-order valence-electron chi connectivity index (χ0n) is 23.0. The molecule has 0 spiro atoms. The van der Waals surface area contributed by atoms with Crippen molar-refractivity contribution in [3.8, 4) is 28.0 Å². The topological polar surface area (TPSA) is 92.9 Å². The van der Waals surface area contributed by atoms with Gasteiger partial charge >= 0.3 is 5.97 Å². The largest absolute Gasteiger partial charge is 0.497 e. The predicted molar refractivity (Wildman–Crippen MR) is 168 cm³/mol. The lowest BCUT2D eigenvalue weighted by atomic mass is 9.98. The Morgan fingerprint density at radius 2 is 1.26 bits per heavy atom. The Hall–Kier alpha value is -5.69. The van der Waals surface area contributed by atoms with Gasteiger partial charge in [-0.1, -0.05) is 30.3 Å². The molecule has 0 saturated carbocycles. The van der Waals surface area contributed by atoms with Crippen LogP contribution in [0.2, 0.25) is 0 Å². The lowest BCUT2D eigenvalue weighted by molar-refractivity contribution is 0.0601. The van der Waals surface area contributed by atoms with Gasteiger partial charge in [0.05, 0.1) is 42.6 Å². The van der Waals surface area contributed by atoms with Crippen molar-refractivity contribution in [3.63, 3.8) is 0 Å². The molecule has 5 aromatic rings. The van der Waals surface area contributed by atoms with Gasteiger partial charge in [0.1, 0.15) is 5.75 Å². The molecule has 2 N–H and O–H groups in total. The maximum Gasteiger partial charge on any atom is 0.338 e. The number of esters is 1. The first-order chi connectivity index (χ1) is 20.6. The molecule has 5 heterocycles. The molecule has 204 valence electrons. The summed E-state index contributed by atoms with van der Waals surface area (Å²) >= 11 is 0. The SMILES string of the molecule is COC(=O)c1ccccc1-c1c2nc(cc3ccc([nH]3)c(-c3ccc(OC)cc3)c3nc(cc4ccc1[nH]4)C=C3)C=C2. The lowest BCUT2D eigenvalue weighted by Crippen LogP contribution is -2.04. The normalized spacial score (nSPS) is 12.0. The number of methoxy groups -OCH3 is 2. The van der Waals surface area contributed by atoms with Crippen molar-refractivity contribution in [2.45, 2.75) is 0 Å². The van der Waals surface area contributed by atoms with Crippen LogP contribution in [0.15, 0.2) is 84.9 Å². The van der Waals surface area contributed by atoms with Crippen molar-refractivity contribution < 1.29 is 14.3 Å². The van der Waals surface area contributed by atoms with Crippen molar-refractivity contribution in [2.75, 3.05) is 14.2 Å². The molecule has 2 aromatic carbocycles. The highest BCUT2D eigenvalue weighted by molar-refractivity contribution is 6.02. The molecule has 8 bridgehead atoms. The number of carbonyl (C=O) groups excluding carboxylic acids is 1. The Kier molecular flexibility index (Phi) is 6.24. The van der Waals surface area contributed by atoms with Gasteiger partial charge in [-0.15, -0.1) is 0 Å². The highest BCUT2D eigenvalue weighted by Crippen LogP contribution is 2.34. The summed E-state index contributed by atoms with van der Waals surface area (Å²) < 4.78 is 10.5. The molecule has 0 unspecified atom stereocenters. The summed E-state index contributed by atoms with van der Waals surface area (Å²) in [5.74, 6) is 0.391. The zero-order valence-corrected chi connectivity index (χ0v) is 23.0. The average molecular weight is 551 g/mol. The summed E-state index contributed by atoms with van der Waals surface area (Å²) in [5.41, 5.74) is 10.8. The number of benzene rings is 2. The van der Waals surface area contributed by atoms with E-state index in [1.807, 2.05) is 97.1 Å². The number of H-pyrrole nitrogens is 2. The maximum atomic E-state index is 12.7. The second kappa shape index (κ2) is 10.4. The van der Waals surface area contributed by atoms with Gasteiger partial charge < -0.3 is 19.4 Å². The number of nitrogens with zero attached hydrogens (tertiary/aromatic N) is 2. The summed E-state index contributed by atoms with van der Waals surface area (Å²) in [5, 5.41) is 0. The molecule has 0 aliphatic carbocycles. The molecule has 0 radical (unpaired) electrons. The Morgan fingerprint density at radius 3 is 1.88 bits per heavy atom. The minimum Gasteiger partial charge on any atom is -0.497 e. The summed E-state index contributed by atoms with van der Waals surface area (Å²) in [6, 6.07) is 27.5. The van der Waals surface area contributed by atoms with Gasteiger partial charge in [-0.2, -0.15) is 0 Å². The Morgan fingerprint density at radius 1 is 0.667 bits per heavy atom. The standard InChI is InChI=1S/C35H26N4O3/c1-41-26-13-7-21(8-14-26)33-29-15-9-22(36-29)19-24-11-17-31(38-24)34(27-5-3-4-6-28(27)35(40)42-2)32-18-12-25(39-32)20-23-10-16-30(33)37-23/h3-20,36,39H,1-2H3. The molecule has 0 atom stereocenters. The molecule has 7 heteroatoms. The monoisotopic (exact) mass is 550 g/mol. The van der Waals surface area contributed by atoms with E-state index in [9.17, 15) is 4.79 Å². The highest BCUT2D eigenvalue weighted by atomic mass is 16.5. The van der Waals surface area contributed by atoms with E-state index in [1.54, 1.807) is 13.2 Å². The molecule has 0 amide bonds. The number of ether oxygens (including phenoxy) is 2. The quantitative estimate of drug-likeness (QED) is 0.218. The Balaban J connectivity index is 1.54. The van der Waals surface area contributed by atoms with Gasteiger partial charge in [0.25, 0.3) is 0 Å². The van der Waals surface area contributed by atoms with Crippen LogP contribution in [-0.4, -0.2) is 40.1 Å². The van der Waals surface area contributed by atoms with Crippen molar-refractivity contribution in [3.05, 3.63) is 113 Å². The second-order valence-corrected chi connectivity index (χ2v) is 9.97. The third kappa shape index (κ3) is 4.57. The van der Waals surface area contributed by atoms with E-state index < -0.39 is 5.97 Å². The van der Waals surface area contributed by atoms with Crippen molar-refractivity contribution in [1.82, 2.24) is 19.9 Å². The number of hydrogen-bond donors (Lipinski definition) is 2. The number of aromatic nitrogens is 4. The molecule has 2 aliphatic heterocycles. The molecule has 3 aromatic heterocycles. The summed E-state index contributed by atoms with van der Waals surface area (Å²) in [6.45, 7) is 0. The summed E-state index contributed by atoms with van der Waals surface area (Å²) in [4.78, 5) is 29.8. The zero-order chi connectivity index (χ0) is 28.6. The maximum absolute atomic E-state index is 12.7. The van der Waals surface area contributed by atoms with E-state index >= 15 is 0 Å². The van der Waals surface area contributed by atoms with Crippen LogP contribution in [0, 0.1) is 0 Å². The van der Waals surface area contributed by atoms with E-state index in [-0.39, 0.29) is 0 Å². The molecule has 7 rings (SSSR count). The minimum absolute atomic E-state index is 0.404. The first-order valence-corrected chi connectivity index (χ1v) is 13.5. The average Bonchev–Trinajstić information content (AvgIpc) is 3.84. The van der Waals surface area contributed by atoms with Crippen LogP contribution >= 0.6 is 0 Å². The minimum atomic E-state index is -0.404. The first-order valence-electron chi connectivity index (χ1n) is 13.5. The molecule has 0 fully saturated rings. The number of fused-ring (bicyclic) bond motifs is 8. The number of nitrogens with one attached hydrogen (secondary N) is 2. The van der Waals surface area contributed by atoms with Crippen LogP contribution in [-0.2, 0) is 4.74 Å². The van der Waals surface area contributed by atoms with Gasteiger partial charge in [-0.25, -0.2) is 14.8 Å². The molecule has 2 aliphatic rings. The van der Waals surface area contributed by atoms with Crippen LogP contribution in [0.4, 0.5) is 0 Å². The van der Waals surface area contributed by atoms with Crippen molar-refractivity contribution in [2.24, 2.45) is 0 Å². The van der Waals surface area contributed by atoms with Gasteiger partial charge in [0.2, 0.25) is 0 Å². The van der Waals surface area contributed by atoms with Crippen LogP contribution in [0.1, 0.15) is 33.1 Å². The van der Waals surface area contributed by atoms with Gasteiger partial charge in [-0.05, 0) is 84.5 Å². The second-order valence-electron chi connectivity index (χ2n) is 9.97. The fourth-order valence-corrected chi connectivity index (χ4v) is 5.41. The highest BCUT2D eigenvalue weighted by Gasteiger charge is 2.18. The molecular formula is C35H26N4O3. The van der Waals surface area contributed by atoms with Crippen LogP contribution in [0.25, 0.3) is 68.6 Å². The fourth-order valence-electron chi connectivity index (χ4n) is 5.41. The van der Waals surface area contributed by atoms with Gasteiger partial charge in [0, 0.05) is 38.8 Å². The number of hydrogen-bond acceptors (Lipinski definition) is 5. The van der Waals surface area contributed by atoms with E-state index in [2.05, 4.69) is 16.0 Å². The van der Waals surface area contributed by atoms with Crippen LogP contribution in [0.5, 0.6) is 5.75 Å². The van der Waals surface area contributed by atoms with Gasteiger partial charge in [0.15, 0.2) is 0 Å².